The molecule has 0 saturated heterocycles. The number of aromatic amines is 2. The molecule has 0 bridgehead atoms. The number of nitrogens with one attached hydrogen (secondary N) is 17. The van der Waals surface area contributed by atoms with Gasteiger partial charge < -0.3 is 112 Å². The van der Waals surface area contributed by atoms with Gasteiger partial charge in [0.25, 0.3) is 0 Å². The zero-order valence-corrected chi connectivity index (χ0v) is 63.7. The standard InChI is InChI=1S/C75H101N21O16S/c1-41(2)62(96-64(103)50(76)31-45-23-25-48(97)26-24-45)73(112)90-54(27-30-113-4)66(105)87-42(3)63(102)91-58(35-47-38-81-40-86-47)71(110)93-56(33-44-17-9-6-10-18-44)69(108)88-53(22-14-29-83-75(79)80)68(107)94-57(34-46-37-84-51-20-12-11-19-49(46)51)70(109)95-59(36-60(98)99)72(111)89-52(21-13-28-82-74(77)78)67(106)92-55(65(104)85-39-61(100)101)32-43-15-7-5-8-16-43/h5-12,15-20,23-26,37-38,40-42,50,52-59,62,84,97H,13-14,21-22,27-36,39,76H2,1-4H3,(H,81,86)(H,85,104)(H,87,105)(H,88,108)(H,89,111)(H,90,112)(H,91,102)(H,92,106)(H,93,110)(H,94,107)(H,95,109)(H,96,103)(H,98,99)(H,100,101)(H4,77,78,82)(H4,79,80,83)/t42-,50-,52-,53-,54-,55-,56-,57-,58-,59-,62-/m0/s1. The molecule has 0 spiro atoms. The monoisotopic (exact) mass is 1580 g/mol. The van der Waals surface area contributed by atoms with Crippen LogP contribution >= 0.6 is 11.8 Å². The van der Waals surface area contributed by atoms with Crippen LogP contribution in [0.3, 0.4) is 0 Å². The SMILES string of the molecule is CSCC[C@H](NC(=O)[C@@H](NC(=O)[C@@H](N)Cc1ccc(O)cc1)C(C)C)C(=O)N[C@@H](C)C(=O)N[C@@H](Cc1c[nH]cn1)C(=O)N[C@@H](Cc1ccccc1)C(=O)N[C@@H](CCCNC(=N)N)C(=O)N[C@@H](Cc1c[nH]c2ccccc12)C(=O)N[C@@H](CC(=O)O)C(=O)N[C@@H](CCCNC(=N)N)C(=O)N[C@@H](Cc1ccccc1)C(=O)NCC(=O)O. The second-order valence-electron chi connectivity index (χ2n) is 27.1. The molecule has 0 aliphatic heterocycles. The van der Waals surface area contributed by atoms with Crippen molar-refractivity contribution in [2.75, 3.05) is 31.6 Å². The van der Waals surface area contributed by atoms with Crippen molar-refractivity contribution in [1.82, 2.24) is 84.1 Å². The first kappa shape index (κ1) is 89.3. The number of aliphatic carboxylic acids is 2. The number of phenols is 1. The van der Waals surface area contributed by atoms with Crippen molar-refractivity contribution in [3.05, 3.63) is 156 Å². The Morgan fingerprint density at radius 1 is 0.469 bits per heavy atom. The number of nitrogens with two attached hydrogens (primary N) is 3. The van der Waals surface area contributed by atoms with E-state index in [2.05, 4.69) is 84.1 Å². The maximum Gasteiger partial charge on any atom is 0.322 e. The number of aromatic hydroxyl groups is 1. The molecule has 113 heavy (non-hydrogen) atoms. The Labute approximate surface area is 655 Å². The van der Waals surface area contributed by atoms with Gasteiger partial charge in [-0.25, -0.2) is 4.98 Å². The number of guanidine groups is 2. The number of carbonyl (C=O) groups is 13. The Bertz CT molecular complexity index is 4230. The molecule has 6 aromatic rings. The number of hydrogen-bond acceptors (Lipinski definition) is 19. The number of nitrogens with zero attached hydrogens (tertiary/aromatic N) is 1. The molecular weight excluding hydrogens is 1480 g/mol. The van der Waals surface area contributed by atoms with Crippen LogP contribution in [0.25, 0.3) is 10.9 Å². The van der Waals surface area contributed by atoms with Gasteiger partial charge in [0, 0.05) is 62.1 Å². The summed E-state index contributed by atoms with van der Waals surface area (Å²) >= 11 is 1.37. The lowest BCUT2D eigenvalue weighted by Gasteiger charge is -2.28. The highest BCUT2D eigenvalue weighted by Gasteiger charge is 2.38. The minimum atomic E-state index is -2.00. The third kappa shape index (κ3) is 30.6. The lowest BCUT2D eigenvalue weighted by atomic mass is 10.0. The fourth-order valence-corrected chi connectivity index (χ4v) is 12.3. The molecule has 26 N–H and O–H groups in total. The van der Waals surface area contributed by atoms with Gasteiger partial charge in [0.2, 0.25) is 65.0 Å². The van der Waals surface area contributed by atoms with Gasteiger partial charge in [-0.1, -0.05) is 105 Å². The Kier molecular flexibility index (Phi) is 36.0. The summed E-state index contributed by atoms with van der Waals surface area (Å²) in [6.07, 6.45) is 3.68. The summed E-state index contributed by atoms with van der Waals surface area (Å²) in [4.78, 5) is 193. The van der Waals surface area contributed by atoms with E-state index in [1.165, 1.54) is 43.3 Å². The molecule has 608 valence electrons. The van der Waals surface area contributed by atoms with Gasteiger partial charge >= 0.3 is 11.9 Å². The van der Waals surface area contributed by atoms with Crippen molar-refractivity contribution in [3.8, 4) is 5.75 Å². The predicted octanol–water partition coefficient (Wildman–Crippen LogP) is -2.08. The topological polar surface area (TPSA) is 609 Å². The third-order valence-electron chi connectivity index (χ3n) is 17.8. The van der Waals surface area contributed by atoms with Gasteiger partial charge in [-0.3, -0.25) is 73.1 Å². The number of carboxylic acid groups (broad SMARTS) is 2. The van der Waals surface area contributed by atoms with Gasteiger partial charge in [-0.05, 0) is 104 Å². The smallest absolute Gasteiger partial charge is 0.322 e. The first-order chi connectivity index (χ1) is 53.9. The first-order valence-corrected chi connectivity index (χ1v) is 37.8. The van der Waals surface area contributed by atoms with Gasteiger partial charge in [0.05, 0.1) is 24.5 Å². The van der Waals surface area contributed by atoms with E-state index in [9.17, 15) is 63.3 Å². The summed E-state index contributed by atoms with van der Waals surface area (Å²) in [5, 5.41) is 79.0. The minimum Gasteiger partial charge on any atom is -0.508 e. The van der Waals surface area contributed by atoms with Gasteiger partial charge in [-0.15, -0.1) is 0 Å². The molecule has 2 aromatic heterocycles. The molecule has 0 saturated carbocycles. The zero-order chi connectivity index (χ0) is 82.7. The van der Waals surface area contributed by atoms with E-state index in [1.807, 2.05) is 0 Å². The van der Waals surface area contributed by atoms with Gasteiger partial charge in [0.1, 0.15) is 72.7 Å². The summed E-state index contributed by atoms with van der Waals surface area (Å²) in [7, 11) is 0. The van der Waals surface area contributed by atoms with Gasteiger partial charge in [0.15, 0.2) is 11.9 Å². The molecular formula is C75H101N21O16S. The van der Waals surface area contributed by atoms with Gasteiger partial charge in [-0.2, -0.15) is 11.8 Å². The fraction of sp³-hybridized carbons (Fsp3) is 0.413. The number of benzene rings is 4. The van der Waals surface area contributed by atoms with E-state index in [-0.39, 0.29) is 88.7 Å². The summed E-state index contributed by atoms with van der Waals surface area (Å²) in [5.74, 6) is -14.2. The molecule has 0 aliphatic rings. The van der Waals surface area contributed by atoms with Crippen LogP contribution in [0.2, 0.25) is 0 Å². The van der Waals surface area contributed by atoms with Crippen molar-refractivity contribution in [3.63, 3.8) is 0 Å². The van der Waals surface area contributed by atoms with Crippen LogP contribution in [0.1, 0.15) is 87.2 Å². The van der Waals surface area contributed by atoms with Crippen LogP contribution in [-0.2, 0) is 94.4 Å². The average Bonchev–Trinajstić information content (AvgIpc) is 1.69. The molecule has 11 amide bonds. The molecule has 0 fully saturated rings. The van der Waals surface area contributed by atoms with Crippen molar-refractivity contribution in [2.45, 2.75) is 158 Å². The summed E-state index contributed by atoms with van der Waals surface area (Å²) < 4.78 is 0. The number of aromatic nitrogens is 3. The fourth-order valence-electron chi connectivity index (χ4n) is 11.8. The number of hydrogen-bond donors (Lipinski definition) is 23. The van der Waals surface area contributed by atoms with E-state index in [0.29, 0.717) is 38.9 Å². The molecule has 0 unspecified atom stereocenters. The number of thioether (sulfide) groups is 1. The predicted molar refractivity (Wildman–Crippen MR) is 418 cm³/mol. The Morgan fingerprint density at radius 3 is 1.43 bits per heavy atom. The molecule has 2 heterocycles. The van der Waals surface area contributed by atoms with E-state index < -0.39 is 174 Å². The summed E-state index contributed by atoms with van der Waals surface area (Å²) in [5.41, 5.74) is 20.4. The number of phenolic OH excluding ortho intramolecular Hbond substituents is 1. The molecule has 4 aromatic carbocycles. The molecule has 0 radical (unpaired) electrons. The summed E-state index contributed by atoms with van der Waals surface area (Å²) in [6, 6.07) is 13.4. The van der Waals surface area contributed by atoms with Crippen molar-refractivity contribution in [1.29, 1.82) is 10.8 Å². The molecule has 37 nitrogen and oxygen atoms in total. The van der Waals surface area contributed by atoms with Crippen LogP contribution in [0.15, 0.2) is 128 Å². The van der Waals surface area contributed by atoms with Crippen molar-refractivity contribution >= 4 is 112 Å². The average molecular weight is 1580 g/mol. The van der Waals surface area contributed by atoms with Crippen LogP contribution in [0.5, 0.6) is 5.75 Å². The largest absolute Gasteiger partial charge is 0.508 e. The first-order valence-electron chi connectivity index (χ1n) is 36.4. The number of fused-ring (bicyclic) bond motifs is 1. The van der Waals surface area contributed by atoms with Crippen LogP contribution in [0.4, 0.5) is 0 Å². The number of para-hydroxylation sites is 1. The van der Waals surface area contributed by atoms with E-state index in [4.69, 9.17) is 28.0 Å². The molecule has 11 atom stereocenters. The quantitative estimate of drug-likeness (QED) is 0.0111. The molecule has 0 aliphatic carbocycles. The Morgan fingerprint density at radius 2 is 0.920 bits per heavy atom. The van der Waals surface area contributed by atoms with E-state index in [1.54, 1.807) is 123 Å². The zero-order valence-electron chi connectivity index (χ0n) is 62.9. The Balaban J connectivity index is 1.26. The normalized spacial score (nSPS) is 14.0. The Hall–Kier alpha value is -12.6. The number of amides is 11. The van der Waals surface area contributed by atoms with Crippen molar-refractivity contribution in [2.24, 2.45) is 23.1 Å². The molecule has 6 rings (SSSR count). The lowest BCUT2D eigenvalue weighted by Crippen LogP contribution is -2.61. The molecule has 38 heteroatoms. The second kappa shape index (κ2) is 45.5. The van der Waals surface area contributed by atoms with Crippen LogP contribution in [-0.4, -0.2) is 217 Å². The van der Waals surface area contributed by atoms with Crippen molar-refractivity contribution < 1.29 is 77.6 Å². The van der Waals surface area contributed by atoms with E-state index in [0.717, 1.165) is 0 Å². The highest BCUT2D eigenvalue weighted by Crippen LogP contribution is 2.21. The number of carboxylic acids is 2. The number of imidazole rings is 1. The maximum atomic E-state index is 15.2. The second-order valence-corrected chi connectivity index (χ2v) is 28.1. The highest BCUT2D eigenvalue weighted by atomic mass is 32.2. The number of H-pyrrole nitrogens is 2. The lowest BCUT2D eigenvalue weighted by molar-refractivity contribution is -0.141. The summed E-state index contributed by atoms with van der Waals surface area (Å²) in [6.45, 7) is 3.86. The third-order valence-corrected chi connectivity index (χ3v) is 18.4. The minimum absolute atomic E-state index is 0.0128. The highest BCUT2D eigenvalue weighted by molar-refractivity contribution is 7.98. The van der Waals surface area contributed by atoms with Crippen LogP contribution in [0, 0.1) is 16.7 Å². The maximum absolute atomic E-state index is 15.2. The van der Waals surface area contributed by atoms with Crippen LogP contribution < -0.4 is 86.3 Å². The number of rotatable bonds is 47. The number of carbonyl (C=O) groups excluding carboxylic acids is 11. The van der Waals surface area contributed by atoms with E-state index >= 15 is 14.4 Å².